The maximum Gasteiger partial charge on any atom is 0.366 e. The summed E-state index contributed by atoms with van der Waals surface area (Å²) in [4.78, 5) is 11.4. The van der Waals surface area contributed by atoms with Crippen molar-refractivity contribution in [1.82, 2.24) is 0 Å². The van der Waals surface area contributed by atoms with Crippen molar-refractivity contribution in [2.75, 3.05) is 6.61 Å². The molecular weight excluding hydrogens is 232 g/mol. The van der Waals surface area contributed by atoms with Crippen LogP contribution in [0.4, 0.5) is 0 Å². The fourth-order valence-electron chi connectivity index (χ4n) is 2.05. The van der Waals surface area contributed by atoms with Gasteiger partial charge < -0.3 is 14.9 Å². The highest BCUT2D eigenvalue weighted by Crippen LogP contribution is 2.21. The first-order valence-corrected chi connectivity index (χ1v) is 5.96. The third-order valence-corrected chi connectivity index (χ3v) is 2.87. The molecule has 0 atom stereocenters. The molecule has 0 saturated carbocycles. The van der Waals surface area contributed by atoms with Crippen LogP contribution in [0.2, 0.25) is 0 Å². The van der Waals surface area contributed by atoms with Crippen molar-refractivity contribution >= 4 is 5.97 Å². The van der Waals surface area contributed by atoms with E-state index in [2.05, 4.69) is 4.74 Å². The van der Waals surface area contributed by atoms with Gasteiger partial charge >= 0.3 is 5.97 Å². The molecular formula is C14H20O4. The van der Waals surface area contributed by atoms with E-state index in [9.17, 15) is 15.0 Å². The normalized spacial score (nSPS) is 11.4. The Morgan fingerprint density at radius 1 is 1.22 bits per heavy atom. The lowest BCUT2D eigenvalue weighted by atomic mass is 9.94. The number of ether oxygens (including phenoxy) is 1. The van der Waals surface area contributed by atoms with Gasteiger partial charge in [-0.2, -0.15) is 0 Å². The van der Waals surface area contributed by atoms with Crippen molar-refractivity contribution < 1.29 is 19.7 Å². The minimum atomic E-state index is -2.47. The van der Waals surface area contributed by atoms with Crippen LogP contribution >= 0.6 is 0 Å². The molecule has 0 aliphatic carbocycles. The van der Waals surface area contributed by atoms with Crippen molar-refractivity contribution in [3.8, 4) is 0 Å². The van der Waals surface area contributed by atoms with Crippen molar-refractivity contribution in [2.45, 2.75) is 39.9 Å². The molecule has 1 aromatic carbocycles. The maximum absolute atomic E-state index is 11.4. The van der Waals surface area contributed by atoms with Gasteiger partial charge in [-0.15, -0.1) is 0 Å². The summed E-state index contributed by atoms with van der Waals surface area (Å²) in [5, 5.41) is 19.5. The third kappa shape index (κ3) is 3.31. The van der Waals surface area contributed by atoms with Gasteiger partial charge in [0.15, 0.2) is 0 Å². The zero-order chi connectivity index (χ0) is 13.9. The van der Waals surface area contributed by atoms with Gasteiger partial charge in [0.05, 0.1) is 6.61 Å². The molecule has 0 saturated heterocycles. The monoisotopic (exact) mass is 252 g/mol. The zero-order valence-corrected chi connectivity index (χ0v) is 11.3. The minimum Gasteiger partial charge on any atom is -0.462 e. The lowest BCUT2D eigenvalue weighted by Gasteiger charge is -2.22. The number of carbonyl (C=O) groups excluding carboxylic acids is 1. The van der Waals surface area contributed by atoms with Crippen LogP contribution in [-0.2, 0) is 16.0 Å². The predicted molar refractivity (Wildman–Crippen MR) is 68.2 cm³/mol. The number of benzene rings is 1. The fraction of sp³-hybridized carbons (Fsp3) is 0.500. The zero-order valence-electron chi connectivity index (χ0n) is 11.3. The van der Waals surface area contributed by atoms with Crippen LogP contribution in [-0.4, -0.2) is 28.6 Å². The average molecular weight is 252 g/mol. The Balaban J connectivity index is 3.00. The highest BCUT2D eigenvalue weighted by Gasteiger charge is 2.36. The van der Waals surface area contributed by atoms with E-state index in [-0.39, 0.29) is 13.0 Å². The molecule has 1 aromatic rings. The van der Waals surface area contributed by atoms with Crippen molar-refractivity contribution in [2.24, 2.45) is 0 Å². The number of aryl methyl sites for hydroxylation is 3. The van der Waals surface area contributed by atoms with Gasteiger partial charge in [-0.25, -0.2) is 4.79 Å². The van der Waals surface area contributed by atoms with Crippen LogP contribution in [0.15, 0.2) is 12.1 Å². The molecule has 0 radical (unpaired) electrons. The summed E-state index contributed by atoms with van der Waals surface area (Å²) in [6.07, 6.45) is -0.163. The second-order valence-corrected chi connectivity index (χ2v) is 4.59. The van der Waals surface area contributed by atoms with E-state index in [0.29, 0.717) is 0 Å². The van der Waals surface area contributed by atoms with Crippen molar-refractivity contribution in [3.63, 3.8) is 0 Å². The quantitative estimate of drug-likeness (QED) is 0.628. The Kier molecular flexibility index (Phi) is 4.48. The molecule has 0 fully saturated rings. The molecule has 0 bridgehead atoms. The minimum absolute atomic E-state index is 0.119. The predicted octanol–water partition coefficient (Wildman–Crippen LogP) is 1.40. The number of rotatable bonds is 4. The molecule has 4 heteroatoms. The smallest absolute Gasteiger partial charge is 0.366 e. The summed E-state index contributed by atoms with van der Waals surface area (Å²) < 4.78 is 4.64. The van der Waals surface area contributed by atoms with Gasteiger partial charge in [-0.3, -0.25) is 0 Å². The summed E-state index contributed by atoms with van der Waals surface area (Å²) in [5.41, 5.74) is 3.73. The van der Waals surface area contributed by atoms with Crippen molar-refractivity contribution in [3.05, 3.63) is 34.4 Å². The average Bonchev–Trinajstić information content (AvgIpc) is 2.23. The van der Waals surface area contributed by atoms with Gasteiger partial charge in [-0.05, 0) is 44.4 Å². The summed E-state index contributed by atoms with van der Waals surface area (Å²) in [5.74, 6) is -3.48. The topological polar surface area (TPSA) is 66.8 Å². The van der Waals surface area contributed by atoms with Crippen molar-refractivity contribution in [1.29, 1.82) is 0 Å². The highest BCUT2D eigenvalue weighted by atomic mass is 16.6. The van der Waals surface area contributed by atoms with Crippen LogP contribution in [0.25, 0.3) is 0 Å². The number of hydrogen-bond acceptors (Lipinski definition) is 4. The van der Waals surface area contributed by atoms with Gasteiger partial charge in [0.25, 0.3) is 5.79 Å². The molecule has 0 heterocycles. The van der Waals surface area contributed by atoms with E-state index in [1.54, 1.807) is 6.92 Å². The van der Waals surface area contributed by atoms with Crippen LogP contribution in [0.3, 0.4) is 0 Å². The van der Waals surface area contributed by atoms with Gasteiger partial charge in [0, 0.05) is 6.42 Å². The second kappa shape index (κ2) is 5.50. The lowest BCUT2D eigenvalue weighted by molar-refractivity contribution is -0.208. The number of aliphatic hydroxyl groups is 2. The van der Waals surface area contributed by atoms with E-state index in [4.69, 9.17) is 0 Å². The van der Waals surface area contributed by atoms with Gasteiger partial charge in [0.2, 0.25) is 0 Å². The van der Waals surface area contributed by atoms with E-state index in [0.717, 1.165) is 22.3 Å². The SMILES string of the molecule is CCOC(=O)C(O)(O)Cc1c(C)cc(C)cc1C. The summed E-state index contributed by atoms with van der Waals surface area (Å²) >= 11 is 0. The van der Waals surface area contributed by atoms with Gasteiger partial charge in [-0.1, -0.05) is 17.7 Å². The molecule has 0 spiro atoms. The number of hydrogen-bond donors (Lipinski definition) is 2. The summed E-state index contributed by atoms with van der Waals surface area (Å²) in [6.45, 7) is 7.48. The van der Waals surface area contributed by atoms with E-state index < -0.39 is 11.8 Å². The molecule has 0 aliphatic heterocycles. The molecule has 0 aliphatic rings. The Hall–Kier alpha value is -1.39. The van der Waals surface area contributed by atoms with Crippen LogP contribution < -0.4 is 0 Å². The number of esters is 1. The molecule has 0 unspecified atom stereocenters. The Morgan fingerprint density at radius 3 is 2.17 bits per heavy atom. The van der Waals surface area contributed by atoms with Crippen LogP contribution in [0.5, 0.6) is 0 Å². The fourth-order valence-corrected chi connectivity index (χ4v) is 2.05. The van der Waals surface area contributed by atoms with E-state index >= 15 is 0 Å². The Morgan fingerprint density at radius 2 is 1.72 bits per heavy atom. The molecule has 4 nitrogen and oxygen atoms in total. The number of carbonyl (C=O) groups is 1. The third-order valence-electron chi connectivity index (χ3n) is 2.87. The Labute approximate surface area is 107 Å². The molecule has 18 heavy (non-hydrogen) atoms. The largest absolute Gasteiger partial charge is 0.462 e. The molecule has 1 rings (SSSR count). The summed E-state index contributed by atoms with van der Waals surface area (Å²) in [7, 11) is 0. The van der Waals surface area contributed by atoms with E-state index in [1.165, 1.54) is 0 Å². The molecule has 100 valence electrons. The molecule has 0 aromatic heterocycles. The first-order chi connectivity index (χ1) is 8.27. The second-order valence-electron chi connectivity index (χ2n) is 4.59. The first-order valence-electron chi connectivity index (χ1n) is 5.96. The lowest BCUT2D eigenvalue weighted by Crippen LogP contribution is -2.42. The Bertz CT molecular complexity index is 426. The van der Waals surface area contributed by atoms with Crippen LogP contribution in [0.1, 0.15) is 29.2 Å². The van der Waals surface area contributed by atoms with Crippen LogP contribution in [0, 0.1) is 20.8 Å². The standard InChI is InChI=1S/C14H20O4/c1-5-18-13(15)14(16,17)8-12-10(3)6-9(2)7-11(12)4/h6-7,16-17H,5,8H2,1-4H3. The maximum atomic E-state index is 11.4. The van der Waals surface area contributed by atoms with Gasteiger partial charge in [0.1, 0.15) is 0 Å². The molecule has 0 amide bonds. The summed E-state index contributed by atoms with van der Waals surface area (Å²) in [6, 6.07) is 3.90. The van der Waals surface area contributed by atoms with E-state index in [1.807, 2.05) is 32.9 Å². The highest BCUT2D eigenvalue weighted by molar-refractivity contribution is 5.77. The first kappa shape index (κ1) is 14.7. The molecule has 2 N–H and O–H groups in total.